The molecule has 0 fully saturated rings. The maximum atomic E-state index is 9.13. The fraction of sp³-hybridized carbons (Fsp3) is 0.267. The van der Waals surface area contributed by atoms with Gasteiger partial charge >= 0.3 is 0 Å². The van der Waals surface area contributed by atoms with Gasteiger partial charge in [0.15, 0.2) is 0 Å². The van der Waals surface area contributed by atoms with Crippen LogP contribution in [0.3, 0.4) is 0 Å². The number of nitriles is 1. The summed E-state index contributed by atoms with van der Waals surface area (Å²) in [7, 11) is 0. The molecule has 1 unspecified atom stereocenters. The second-order valence-corrected chi connectivity index (χ2v) is 6.44. The van der Waals surface area contributed by atoms with E-state index in [9.17, 15) is 0 Å². The molecule has 0 aliphatic heterocycles. The number of halogens is 1. The van der Waals surface area contributed by atoms with Gasteiger partial charge in [-0.25, -0.2) is 0 Å². The average Bonchev–Trinajstić information content (AvgIpc) is 2.88. The summed E-state index contributed by atoms with van der Waals surface area (Å²) < 4.78 is 0.974. The van der Waals surface area contributed by atoms with E-state index in [-0.39, 0.29) is 6.04 Å². The first-order valence-electron chi connectivity index (χ1n) is 6.18. The molecule has 19 heavy (non-hydrogen) atoms. The van der Waals surface area contributed by atoms with E-state index in [1.807, 2.05) is 29.5 Å². The van der Waals surface area contributed by atoms with Gasteiger partial charge in [0.05, 0.1) is 17.3 Å². The fourth-order valence-corrected chi connectivity index (χ4v) is 3.17. The predicted octanol–water partition coefficient (Wildman–Crippen LogP) is 5.12. The molecule has 2 aromatic rings. The van der Waals surface area contributed by atoms with Gasteiger partial charge in [0, 0.05) is 14.2 Å². The molecule has 2 rings (SSSR count). The lowest BCUT2D eigenvalue weighted by Crippen LogP contribution is -2.06. The zero-order valence-corrected chi connectivity index (χ0v) is 13.3. The van der Waals surface area contributed by atoms with E-state index in [2.05, 4.69) is 53.3 Å². The largest absolute Gasteiger partial charge is 0.377 e. The van der Waals surface area contributed by atoms with E-state index < -0.39 is 0 Å². The number of hydrogen-bond donors (Lipinski definition) is 1. The van der Waals surface area contributed by atoms with Crippen molar-refractivity contribution < 1.29 is 0 Å². The van der Waals surface area contributed by atoms with Crippen LogP contribution in [0.5, 0.6) is 0 Å². The summed E-state index contributed by atoms with van der Waals surface area (Å²) >= 11 is 5.26. The number of aryl methyl sites for hydroxylation is 1. The van der Waals surface area contributed by atoms with E-state index in [4.69, 9.17) is 5.26 Å². The molecular weight excluding hydrogens is 320 g/mol. The second kappa shape index (κ2) is 6.23. The SMILES string of the molecule is CCc1ccc(C(C)Nc2cc(Br)ccc2C#N)s1. The lowest BCUT2D eigenvalue weighted by Gasteiger charge is -2.15. The minimum Gasteiger partial charge on any atom is -0.377 e. The van der Waals surface area contributed by atoms with Crippen LogP contribution >= 0.6 is 27.3 Å². The van der Waals surface area contributed by atoms with Crippen molar-refractivity contribution in [3.8, 4) is 6.07 Å². The van der Waals surface area contributed by atoms with Crippen molar-refractivity contribution in [1.82, 2.24) is 0 Å². The van der Waals surface area contributed by atoms with Crippen LogP contribution in [0.25, 0.3) is 0 Å². The Bertz CT molecular complexity index is 613. The Morgan fingerprint density at radius 2 is 2.16 bits per heavy atom. The smallest absolute Gasteiger partial charge is 0.101 e. The van der Waals surface area contributed by atoms with Crippen LogP contribution in [-0.4, -0.2) is 0 Å². The van der Waals surface area contributed by atoms with Crippen LogP contribution in [0.2, 0.25) is 0 Å². The predicted molar refractivity (Wildman–Crippen MR) is 84.6 cm³/mol. The number of hydrogen-bond acceptors (Lipinski definition) is 3. The normalized spacial score (nSPS) is 11.9. The molecule has 4 heteroatoms. The molecule has 0 saturated carbocycles. The summed E-state index contributed by atoms with van der Waals surface area (Å²) in [6, 6.07) is 12.4. The van der Waals surface area contributed by atoms with Crippen LogP contribution in [0.4, 0.5) is 5.69 Å². The molecular formula is C15H15BrN2S. The Labute approximate surface area is 126 Å². The Hall–Kier alpha value is -1.31. The Kier molecular flexibility index (Phi) is 4.62. The quantitative estimate of drug-likeness (QED) is 0.842. The number of nitrogens with one attached hydrogen (secondary N) is 1. The molecule has 1 aromatic carbocycles. The number of benzene rings is 1. The van der Waals surface area contributed by atoms with Gasteiger partial charge in [-0.1, -0.05) is 22.9 Å². The van der Waals surface area contributed by atoms with E-state index >= 15 is 0 Å². The van der Waals surface area contributed by atoms with Gasteiger partial charge in [-0.2, -0.15) is 5.26 Å². The first kappa shape index (κ1) is 14.1. The van der Waals surface area contributed by atoms with E-state index in [0.29, 0.717) is 5.56 Å². The number of rotatable bonds is 4. The minimum absolute atomic E-state index is 0.201. The van der Waals surface area contributed by atoms with Crippen molar-refractivity contribution in [2.75, 3.05) is 5.32 Å². The van der Waals surface area contributed by atoms with Crippen molar-refractivity contribution >= 4 is 33.0 Å². The first-order valence-corrected chi connectivity index (χ1v) is 7.79. The van der Waals surface area contributed by atoms with Crippen molar-refractivity contribution in [3.63, 3.8) is 0 Å². The molecule has 0 aliphatic carbocycles. The Morgan fingerprint density at radius 3 is 2.79 bits per heavy atom. The van der Waals surface area contributed by atoms with Gasteiger partial charge in [0.2, 0.25) is 0 Å². The first-order chi connectivity index (χ1) is 9.13. The molecule has 0 amide bonds. The molecule has 0 spiro atoms. The van der Waals surface area contributed by atoms with Gasteiger partial charge in [0.1, 0.15) is 6.07 Å². The number of nitrogens with zero attached hydrogens (tertiary/aromatic N) is 1. The van der Waals surface area contributed by atoms with Crippen LogP contribution in [-0.2, 0) is 6.42 Å². The third-order valence-electron chi connectivity index (χ3n) is 2.93. The molecule has 0 bridgehead atoms. The van der Waals surface area contributed by atoms with Crippen LogP contribution in [0, 0.1) is 11.3 Å². The molecule has 98 valence electrons. The molecule has 0 aliphatic rings. The third kappa shape index (κ3) is 3.37. The molecule has 0 saturated heterocycles. The molecule has 2 nitrogen and oxygen atoms in total. The zero-order valence-electron chi connectivity index (χ0n) is 10.9. The van der Waals surface area contributed by atoms with Gasteiger partial charge in [0.25, 0.3) is 0 Å². The van der Waals surface area contributed by atoms with Gasteiger partial charge in [-0.3, -0.25) is 0 Å². The monoisotopic (exact) mass is 334 g/mol. The Balaban J connectivity index is 2.21. The van der Waals surface area contributed by atoms with E-state index in [1.165, 1.54) is 9.75 Å². The fourth-order valence-electron chi connectivity index (χ4n) is 1.86. The van der Waals surface area contributed by atoms with E-state index in [0.717, 1.165) is 16.6 Å². The zero-order chi connectivity index (χ0) is 13.8. The maximum Gasteiger partial charge on any atom is 0.101 e. The van der Waals surface area contributed by atoms with Gasteiger partial charge < -0.3 is 5.32 Å². The summed E-state index contributed by atoms with van der Waals surface area (Å²) in [5.41, 5.74) is 1.54. The standard InChI is InChI=1S/C15H15BrN2S/c1-3-13-6-7-15(19-13)10(2)18-14-8-12(16)5-4-11(14)9-17/h4-8,10,18H,3H2,1-2H3. The van der Waals surface area contributed by atoms with Crippen LogP contribution < -0.4 is 5.32 Å². The van der Waals surface area contributed by atoms with Crippen LogP contribution in [0.1, 0.15) is 35.2 Å². The number of thiophene rings is 1. The van der Waals surface area contributed by atoms with Crippen molar-refractivity contribution in [3.05, 3.63) is 50.1 Å². The molecule has 1 aromatic heterocycles. The lowest BCUT2D eigenvalue weighted by atomic mass is 10.1. The molecule has 1 N–H and O–H groups in total. The summed E-state index contributed by atoms with van der Waals surface area (Å²) in [5, 5.41) is 12.5. The second-order valence-electron chi connectivity index (χ2n) is 4.33. The topological polar surface area (TPSA) is 35.8 Å². The summed E-state index contributed by atoms with van der Waals surface area (Å²) in [6.45, 7) is 4.28. The highest BCUT2D eigenvalue weighted by molar-refractivity contribution is 9.10. The molecule has 1 heterocycles. The highest BCUT2D eigenvalue weighted by Gasteiger charge is 2.11. The average molecular weight is 335 g/mol. The summed E-state index contributed by atoms with van der Waals surface area (Å²) in [5.74, 6) is 0. The minimum atomic E-state index is 0.201. The Morgan fingerprint density at radius 1 is 1.37 bits per heavy atom. The highest BCUT2D eigenvalue weighted by Crippen LogP contribution is 2.29. The van der Waals surface area contributed by atoms with Crippen molar-refractivity contribution in [1.29, 1.82) is 5.26 Å². The van der Waals surface area contributed by atoms with Crippen LogP contribution in [0.15, 0.2) is 34.8 Å². The van der Waals surface area contributed by atoms with Crippen molar-refractivity contribution in [2.24, 2.45) is 0 Å². The number of anilines is 1. The summed E-state index contributed by atoms with van der Waals surface area (Å²) in [6.07, 6.45) is 1.07. The third-order valence-corrected chi connectivity index (χ3v) is 4.84. The lowest BCUT2D eigenvalue weighted by molar-refractivity contribution is 0.907. The van der Waals surface area contributed by atoms with Crippen molar-refractivity contribution in [2.45, 2.75) is 26.3 Å². The summed E-state index contributed by atoms with van der Waals surface area (Å²) in [4.78, 5) is 2.68. The van der Waals surface area contributed by atoms with E-state index in [1.54, 1.807) is 0 Å². The highest BCUT2D eigenvalue weighted by atomic mass is 79.9. The maximum absolute atomic E-state index is 9.13. The molecule has 0 radical (unpaired) electrons. The van der Waals surface area contributed by atoms with Gasteiger partial charge in [-0.05, 0) is 43.7 Å². The van der Waals surface area contributed by atoms with Gasteiger partial charge in [-0.15, -0.1) is 11.3 Å². The molecule has 1 atom stereocenters.